The first-order chi connectivity index (χ1) is 19.6. The number of nitrogens with zero attached hydrogens (tertiary/aromatic N) is 2. The summed E-state index contributed by atoms with van der Waals surface area (Å²) < 4.78 is 6.59. The number of aliphatic hydroxyl groups is 1. The number of amides is 3. The second-order valence-corrected chi connectivity index (χ2v) is 11.4. The zero-order valence-electron chi connectivity index (χ0n) is 23.4. The van der Waals surface area contributed by atoms with E-state index in [0.29, 0.717) is 52.4 Å². The van der Waals surface area contributed by atoms with Crippen molar-refractivity contribution in [3.8, 4) is 5.75 Å². The van der Waals surface area contributed by atoms with E-state index < -0.39 is 6.03 Å². The van der Waals surface area contributed by atoms with E-state index in [1.165, 1.54) is 0 Å². The van der Waals surface area contributed by atoms with Gasteiger partial charge in [0, 0.05) is 42.5 Å². The molecule has 0 bridgehead atoms. The lowest BCUT2D eigenvalue weighted by Crippen LogP contribution is -2.47. The molecule has 3 aromatic carbocycles. The number of rotatable bonds is 8. The molecule has 10 heteroatoms. The zero-order valence-corrected chi connectivity index (χ0v) is 25.0. The normalized spacial score (nSPS) is 18.0. The third kappa shape index (κ3) is 8.36. The first-order valence-corrected chi connectivity index (χ1v) is 14.3. The number of hydrogen-bond acceptors (Lipinski definition) is 5. The van der Waals surface area contributed by atoms with Gasteiger partial charge in [-0.25, -0.2) is 4.79 Å². The van der Waals surface area contributed by atoms with Crippen LogP contribution in [0.15, 0.2) is 66.7 Å². The van der Waals surface area contributed by atoms with Crippen molar-refractivity contribution in [1.29, 1.82) is 0 Å². The number of carbonyl (C=O) groups is 2. The number of halogens is 2. The van der Waals surface area contributed by atoms with E-state index in [1.807, 2.05) is 44.3 Å². The van der Waals surface area contributed by atoms with Gasteiger partial charge in [0.1, 0.15) is 11.9 Å². The average molecular weight is 600 g/mol. The summed E-state index contributed by atoms with van der Waals surface area (Å²) in [4.78, 5) is 29.9. The van der Waals surface area contributed by atoms with Crippen molar-refractivity contribution in [3.05, 3.63) is 87.9 Å². The number of carbonyl (C=O) groups excluding carboxylic acids is 2. The Hall–Kier alpha value is -3.30. The quantitative estimate of drug-likeness (QED) is 0.299. The van der Waals surface area contributed by atoms with Crippen molar-refractivity contribution in [3.63, 3.8) is 0 Å². The summed E-state index contributed by atoms with van der Waals surface area (Å²) >= 11 is 12.3. The Balaban J connectivity index is 1.56. The first-order valence-electron chi connectivity index (χ1n) is 13.6. The molecular weight excluding hydrogens is 563 g/mol. The maximum absolute atomic E-state index is 13.5. The molecule has 1 heterocycles. The van der Waals surface area contributed by atoms with Crippen molar-refractivity contribution in [1.82, 2.24) is 9.80 Å². The minimum Gasteiger partial charge on any atom is -0.488 e. The molecule has 0 aliphatic carbocycles. The molecule has 0 saturated carbocycles. The predicted octanol–water partition coefficient (Wildman–Crippen LogP) is 5.92. The van der Waals surface area contributed by atoms with E-state index in [2.05, 4.69) is 22.5 Å². The number of aliphatic hydroxyl groups excluding tert-OH is 1. The highest BCUT2D eigenvalue weighted by molar-refractivity contribution is 6.42. The fraction of sp³-hybridized carbons (Fsp3) is 0.355. The number of benzene rings is 3. The summed E-state index contributed by atoms with van der Waals surface area (Å²) in [6.45, 7) is 5.39. The molecule has 4 rings (SSSR count). The number of fused-ring (bicyclic) bond motifs is 1. The molecular formula is C31H36Cl2N4O4. The number of urea groups is 1. The van der Waals surface area contributed by atoms with Crippen LogP contribution < -0.4 is 15.4 Å². The molecule has 0 radical (unpaired) electrons. The van der Waals surface area contributed by atoms with Crippen molar-refractivity contribution in [2.24, 2.45) is 5.92 Å². The van der Waals surface area contributed by atoms with E-state index in [-0.39, 0.29) is 37.0 Å². The average Bonchev–Trinajstić information content (AvgIpc) is 2.98. The smallest absolute Gasteiger partial charge is 0.323 e. The standard InChI is InChI=1S/C31H36Cl2N4O4/c1-20-16-37(21(2)19-38)30(39)15-23-14-25(35-31(40)34-24-7-5-4-6-8-24)10-12-28(23)41-29(20)18-36(3)17-22-9-11-26(32)27(33)13-22/h4-14,20-21,29,38H,15-19H2,1-3H3,(H2,34,35,40)/t20-,21-,29+/m0/s1. The zero-order chi connectivity index (χ0) is 29.5. The molecule has 41 heavy (non-hydrogen) atoms. The molecule has 0 fully saturated rings. The van der Waals surface area contributed by atoms with Crippen LogP contribution in [0.2, 0.25) is 10.0 Å². The van der Waals surface area contributed by atoms with E-state index >= 15 is 0 Å². The lowest BCUT2D eigenvalue weighted by molar-refractivity contribution is -0.134. The van der Waals surface area contributed by atoms with Gasteiger partial charge >= 0.3 is 6.03 Å². The van der Waals surface area contributed by atoms with Gasteiger partial charge in [0.25, 0.3) is 0 Å². The van der Waals surface area contributed by atoms with Crippen LogP contribution in [0, 0.1) is 5.92 Å². The molecule has 3 atom stereocenters. The van der Waals surface area contributed by atoms with Crippen molar-refractivity contribution in [2.45, 2.75) is 39.0 Å². The molecule has 1 aliphatic heterocycles. The Kier molecular flexibility index (Phi) is 10.5. The fourth-order valence-electron chi connectivity index (χ4n) is 4.86. The monoisotopic (exact) mass is 598 g/mol. The molecule has 218 valence electrons. The van der Waals surface area contributed by atoms with Crippen LogP contribution >= 0.6 is 23.2 Å². The molecule has 1 aliphatic rings. The van der Waals surface area contributed by atoms with Gasteiger partial charge in [-0.1, -0.05) is 54.4 Å². The summed E-state index contributed by atoms with van der Waals surface area (Å²) in [6, 6.07) is 19.3. The van der Waals surface area contributed by atoms with E-state index in [1.54, 1.807) is 41.3 Å². The third-order valence-corrected chi connectivity index (χ3v) is 7.87. The Labute approximate surface area is 251 Å². The van der Waals surface area contributed by atoms with Crippen LogP contribution in [0.3, 0.4) is 0 Å². The van der Waals surface area contributed by atoms with Crippen molar-refractivity contribution < 1.29 is 19.4 Å². The van der Waals surface area contributed by atoms with Gasteiger partial charge in [-0.2, -0.15) is 0 Å². The molecule has 8 nitrogen and oxygen atoms in total. The summed E-state index contributed by atoms with van der Waals surface area (Å²) in [5, 5.41) is 16.5. The van der Waals surface area contributed by atoms with Crippen LogP contribution in [0.1, 0.15) is 25.0 Å². The number of ether oxygens (including phenoxy) is 1. The summed E-state index contributed by atoms with van der Waals surface area (Å²) in [5.41, 5.74) is 2.89. The number of para-hydroxylation sites is 1. The van der Waals surface area contributed by atoms with Gasteiger partial charge in [0.05, 0.1) is 29.1 Å². The molecule has 0 aromatic heterocycles. The highest BCUT2D eigenvalue weighted by atomic mass is 35.5. The van der Waals surface area contributed by atoms with E-state index in [0.717, 1.165) is 5.56 Å². The second-order valence-electron chi connectivity index (χ2n) is 10.6. The number of anilines is 2. The third-order valence-electron chi connectivity index (χ3n) is 7.13. The Morgan fingerprint density at radius 2 is 1.80 bits per heavy atom. The maximum Gasteiger partial charge on any atom is 0.323 e. The van der Waals surface area contributed by atoms with Crippen LogP contribution in [0.25, 0.3) is 0 Å². The van der Waals surface area contributed by atoms with Crippen molar-refractivity contribution in [2.75, 3.05) is 37.4 Å². The Bertz CT molecular complexity index is 1360. The lowest BCUT2D eigenvalue weighted by atomic mass is 10.0. The minimum absolute atomic E-state index is 0.0374. The molecule has 3 aromatic rings. The van der Waals surface area contributed by atoms with Gasteiger partial charge in [-0.05, 0) is 62.0 Å². The highest BCUT2D eigenvalue weighted by Gasteiger charge is 2.31. The molecule has 0 unspecified atom stereocenters. The topological polar surface area (TPSA) is 94.1 Å². The minimum atomic E-state index is -0.391. The Morgan fingerprint density at radius 3 is 2.51 bits per heavy atom. The summed E-state index contributed by atoms with van der Waals surface area (Å²) in [6.07, 6.45) is -0.186. The predicted molar refractivity (Wildman–Crippen MR) is 164 cm³/mol. The van der Waals surface area contributed by atoms with Gasteiger partial charge < -0.3 is 25.4 Å². The van der Waals surface area contributed by atoms with Crippen LogP contribution in [0.4, 0.5) is 16.2 Å². The molecule has 3 amide bonds. The largest absolute Gasteiger partial charge is 0.488 e. The highest BCUT2D eigenvalue weighted by Crippen LogP contribution is 2.30. The van der Waals surface area contributed by atoms with E-state index in [4.69, 9.17) is 27.9 Å². The Morgan fingerprint density at radius 1 is 1.07 bits per heavy atom. The summed E-state index contributed by atoms with van der Waals surface area (Å²) in [5.74, 6) is 0.439. The fourth-order valence-corrected chi connectivity index (χ4v) is 5.18. The maximum atomic E-state index is 13.5. The van der Waals surface area contributed by atoms with Gasteiger partial charge in [-0.3, -0.25) is 9.69 Å². The lowest BCUT2D eigenvalue weighted by Gasteiger charge is -2.34. The van der Waals surface area contributed by atoms with Crippen LogP contribution in [-0.2, 0) is 17.8 Å². The number of nitrogens with one attached hydrogen (secondary N) is 2. The van der Waals surface area contributed by atoms with E-state index in [9.17, 15) is 14.7 Å². The number of likely N-dealkylation sites (N-methyl/N-ethyl adjacent to an activating group) is 1. The molecule has 0 spiro atoms. The molecule has 3 N–H and O–H groups in total. The van der Waals surface area contributed by atoms with Gasteiger partial charge in [0.15, 0.2) is 0 Å². The second kappa shape index (κ2) is 14.0. The number of hydrogen-bond donors (Lipinski definition) is 3. The SMILES string of the molecule is C[C@H]1CN([C@@H](C)CO)C(=O)Cc2cc(NC(=O)Nc3ccccc3)ccc2O[C@@H]1CN(C)Cc1ccc(Cl)c(Cl)c1. The first kappa shape index (κ1) is 30.7. The van der Waals surface area contributed by atoms with Crippen LogP contribution in [-0.4, -0.2) is 65.7 Å². The van der Waals surface area contributed by atoms with Gasteiger partial charge in [0.2, 0.25) is 5.91 Å². The summed E-state index contributed by atoms with van der Waals surface area (Å²) in [7, 11) is 2.00. The van der Waals surface area contributed by atoms with Crippen LogP contribution in [0.5, 0.6) is 5.75 Å². The van der Waals surface area contributed by atoms with Gasteiger partial charge in [-0.15, -0.1) is 0 Å². The molecule has 0 saturated heterocycles. The van der Waals surface area contributed by atoms with Crippen molar-refractivity contribution >= 4 is 46.5 Å².